The van der Waals surface area contributed by atoms with E-state index >= 15 is 0 Å². The molecule has 2 aromatic carbocycles. The van der Waals surface area contributed by atoms with Crippen molar-refractivity contribution in [3.63, 3.8) is 0 Å². The van der Waals surface area contributed by atoms with Crippen molar-refractivity contribution in [3.05, 3.63) is 81.3 Å². The fraction of sp³-hybridized carbons (Fsp3) is 0.485. The maximum atomic E-state index is 13.9. The minimum absolute atomic E-state index is 0.0230. The van der Waals surface area contributed by atoms with Gasteiger partial charge >= 0.3 is 0 Å². The van der Waals surface area contributed by atoms with E-state index in [0.29, 0.717) is 24.1 Å². The number of Topliss-reactive ketones (excluding diaryl/α,β-unsaturated/α-hetero) is 1. The molecule has 1 amide bonds. The van der Waals surface area contributed by atoms with Crippen LogP contribution in [0.4, 0.5) is 5.69 Å². The summed E-state index contributed by atoms with van der Waals surface area (Å²) in [5.41, 5.74) is 4.00. The molecule has 2 heterocycles. The van der Waals surface area contributed by atoms with Crippen LogP contribution in [-0.4, -0.2) is 53.4 Å². The highest BCUT2D eigenvalue weighted by atomic mass is 32.1. The van der Waals surface area contributed by atoms with E-state index in [2.05, 4.69) is 17.1 Å². The summed E-state index contributed by atoms with van der Waals surface area (Å²) in [5.74, 6) is -0.00574. The molecule has 1 saturated heterocycles. The number of aliphatic hydroxyl groups excluding tert-OH is 1. The van der Waals surface area contributed by atoms with E-state index in [4.69, 9.17) is 0 Å². The van der Waals surface area contributed by atoms with Gasteiger partial charge in [0, 0.05) is 54.9 Å². The number of carbonyl (C=O) groups is 2. The highest BCUT2D eigenvalue weighted by molar-refractivity contribution is 7.09. The molecule has 0 bridgehead atoms. The van der Waals surface area contributed by atoms with E-state index in [-0.39, 0.29) is 36.0 Å². The summed E-state index contributed by atoms with van der Waals surface area (Å²) in [5, 5.41) is 14.4. The zero-order valence-corrected chi connectivity index (χ0v) is 24.7. The van der Waals surface area contributed by atoms with E-state index in [1.54, 1.807) is 17.4 Å². The predicted octanol–water partition coefficient (Wildman–Crippen LogP) is 6.48. The van der Waals surface area contributed by atoms with E-state index in [1.807, 2.05) is 66.5 Å². The van der Waals surface area contributed by atoms with Gasteiger partial charge in [-0.1, -0.05) is 43.2 Å². The predicted molar refractivity (Wildman–Crippen MR) is 161 cm³/mol. The minimum Gasteiger partial charge on any atom is -0.393 e. The van der Waals surface area contributed by atoms with E-state index in [1.165, 1.54) is 0 Å². The standard InChI is InChI=1S/C33H41N3O3S/c1-22-21-40-32(34-22)29-14-9-15-36(29)33(39)27-17-25(18-28(19-27)35(2)3)30(37)20-26(16-23-10-5-4-6-11-23)31(38)24-12-7-8-13-24/h4-6,10-11,17-19,21,24,26,29,31,38H,7-9,12-16,20H2,1-3H3/t26-,29-,31-/m1/s1. The minimum atomic E-state index is -0.517. The first-order valence-electron chi connectivity index (χ1n) is 14.6. The average Bonchev–Trinajstić information content (AvgIpc) is 3.74. The van der Waals surface area contributed by atoms with Gasteiger partial charge in [0.05, 0.1) is 12.1 Å². The summed E-state index contributed by atoms with van der Waals surface area (Å²) in [4.78, 5) is 36.3. The third-order valence-electron chi connectivity index (χ3n) is 8.59. The van der Waals surface area contributed by atoms with Gasteiger partial charge < -0.3 is 14.9 Å². The second-order valence-corrected chi connectivity index (χ2v) is 12.6. The first-order valence-corrected chi connectivity index (χ1v) is 15.5. The number of thiazole rings is 1. The molecule has 3 atom stereocenters. The zero-order chi connectivity index (χ0) is 28.2. The number of hydrogen-bond donors (Lipinski definition) is 1. The lowest BCUT2D eigenvalue weighted by atomic mass is 9.81. The molecule has 1 aliphatic carbocycles. The fourth-order valence-corrected chi connectivity index (χ4v) is 7.32. The maximum absolute atomic E-state index is 13.9. The monoisotopic (exact) mass is 559 g/mol. The number of aliphatic hydroxyl groups is 1. The Kier molecular flexibility index (Phi) is 9.01. The normalized spacial score (nSPS) is 19.1. The number of nitrogens with zero attached hydrogens (tertiary/aromatic N) is 3. The number of hydrogen-bond acceptors (Lipinski definition) is 6. The van der Waals surface area contributed by atoms with E-state index < -0.39 is 6.10 Å². The van der Waals surface area contributed by atoms with Gasteiger partial charge in [-0.3, -0.25) is 9.59 Å². The van der Waals surface area contributed by atoms with Crippen molar-refractivity contribution in [1.82, 2.24) is 9.88 Å². The molecule has 0 spiro atoms. The molecule has 7 heteroatoms. The number of rotatable bonds is 10. The van der Waals surface area contributed by atoms with Crippen molar-refractivity contribution in [2.24, 2.45) is 11.8 Å². The van der Waals surface area contributed by atoms with Gasteiger partial charge in [0.25, 0.3) is 5.91 Å². The van der Waals surface area contributed by atoms with Gasteiger partial charge in [-0.05, 0) is 74.6 Å². The molecule has 6 nitrogen and oxygen atoms in total. The van der Waals surface area contributed by atoms with Gasteiger partial charge in [0.15, 0.2) is 5.78 Å². The maximum Gasteiger partial charge on any atom is 0.254 e. The Morgan fingerprint density at radius 1 is 1.05 bits per heavy atom. The van der Waals surface area contributed by atoms with E-state index in [0.717, 1.165) is 60.5 Å². The summed E-state index contributed by atoms with van der Waals surface area (Å²) in [7, 11) is 3.85. The van der Waals surface area contributed by atoms with Crippen LogP contribution in [0.25, 0.3) is 0 Å². The number of carbonyl (C=O) groups excluding carboxylic acids is 2. The fourth-order valence-electron chi connectivity index (χ4n) is 6.38. The van der Waals surface area contributed by atoms with Gasteiger partial charge in [0.1, 0.15) is 5.01 Å². The number of ketones is 1. The highest BCUT2D eigenvalue weighted by Gasteiger charge is 2.34. The summed E-state index contributed by atoms with van der Waals surface area (Å²) in [6, 6.07) is 15.6. The lowest BCUT2D eigenvalue weighted by Gasteiger charge is -2.28. The molecule has 212 valence electrons. The smallest absolute Gasteiger partial charge is 0.254 e. The average molecular weight is 560 g/mol. The highest BCUT2D eigenvalue weighted by Crippen LogP contribution is 2.36. The lowest BCUT2D eigenvalue weighted by Crippen LogP contribution is -2.32. The van der Waals surface area contributed by atoms with Crippen LogP contribution in [0.2, 0.25) is 0 Å². The summed E-state index contributed by atoms with van der Waals surface area (Å²) >= 11 is 1.61. The number of benzene rings is 2. The van der Waals surface area contributed by atoms with Crippen LogP contribution < -0.4 is 4.90 Å². The Bertz CT molecular complexity index is 1320. The SMILES string of the molecule is Cc1csc([C@H]2CCCN2C(=O)c2cc(C(=O)C[C@@H](Cc3ccccc3)[C@H](O)C3CCCC3)cc(N(C)C)c2)n1. The zero-order valence-electron chi connectivity index (χ0n) is 23.9. The number of aryl methyl sites for hydroxylation is 1. The topological polar surface area (TPSA) is 73.7 Å². The largest absolute Gasteiger partial charge is 0.393 e. The molecule has 40 heavy (non-hydrogen) atoms. The molecular weight excluding hydrogens is 518 g/mol. The van der Waals surface area contributed by atoms with Crippen LogP contribution in [-0.2, 0) is 6.42 Å². The second kappa shape index (κ2) is 12.6. The van der Waals surface area contributed by atoms with Crippen LogP contribution in [0.1, 0.15) is 88.0 Å². The van der Waals surface area contributed by atoms with Gasteiger partial charge in [-0.2, -0.15) is 0 Å². The summed E-state index contributed by atoms with van der Waals surface area (Å²) in [6.45, 7) is 2.67. The number of aromatic nitrogens is 1. The Labute approximate surface area is 242 Å². The molecule has 1 N–H and O–H groups in total. The van der Waals surface area contributed by atoms with Crippen LogP contribution in [0.15, 0.2) is 53.9 Å². The van der Waals surface area contributed by atoms with E-state index in [9.17, 15) is 14.7 Å². The molecule has 0 unspecified atom stereocenters. The Morgan fingerprint density at radius 3 is 2.45 bits per heavy atom. The van der Waals surface area contributed by atoms with Gasteiger partial charge in [-0.25, -0.2) is 4.98 Å². The molecule has 2 fully saturated rings. The van der Waals surface area contributed by atoms with Crippen LogP contribution >= 0.6 is 11.3 Å². The lowest BCUT2D eigenvalue weighted by molar-refractivity contribution is 0.0456. The third-order valence-corrected chi connectivity index (χ3v) is 9.66. The first-order chi connectivity index (χ1) is 19.3. The van der Waals surface area contributed by atoms with Crippen molar-refractivity contribution >= 4 is 28.7 Å². The molecule has 5 rings (SSSR count). The number of anilines is 1. The molecular formula is C33H41N3O3S. The van der Waals surface area contributed by atoms with Crippen molar-refractivity contribution in [2.75, 3.05) is 25.5 Å². The third kappa shape index (κ3) is 6.47. The summed E-state index contributed by atoms with van der Waals surface area (Å²) < 4.78 is 0. The van der Waals surface area contributed by atoms with Crippen molar-refractivity contribution < 1.29 is 14.7 Å². The molecule has 1 aromatic heterocycles. The molecule has 2 aliphatic rings. The van der Waals surface area contributed by atoms with Crippen LogP contribution in [0.5, 0.6) is 0 Å². The number of amides is 1. The Hall–Kier alpha value is -3.03. The molecule has 0 radical (unpaired) electrons. The van der Waals surface area contributed by atoms with Gasteiger partial charge in [-0.15, -0.1) is 11.3 Å². The summed E-state index contributed by atoms with van der Waals surface area (Å²) in [6.07, 6.45) is 6.55. The Balaban J connectivity index is 1.41. The molecule has 1 saturated carbocycles. The van der Waals surface area contributed by atoms with Gasteiger partial charge in [0.2, 0.25) is 0 Å². The van der Waals surface area contributed by atoms with Crippen molar-refractivity contribution in [3.8, 4) is 0 Å². The first kappa shape index (κ1) is 28.5. The quantitative estimate of drug-likeness (QED) is 0.288. The van der Waals surface area contributed by atoms with Crippen molar-refractivity contribution in [2.45, 2.75) is 70.4 Å². The number of likely N-dealkylation sites (tertiary alicyclic amines) is 1. The van der Waals surface area contributed by atoms with Crippen molar-refractivity contribution in [1.29, 1.82) is 0 Å². The van der Waals surface area contributed by atoms with Crippen LogP contribution in [0.3, 0.4) is 0 Å². The molecule has 1 aliphatic heterocycles. The van der Waals surface area contributed by atoms with Crippen LogP contribution in [0, 0.1) is 18.8 Å². The Morgan fingerprint density at radius 2 is 1.77 bits per heavy atom. The molecule has 3 aromatic rings. The second-order valence-electron chi connectivity index (χ2n) is 11.8.